The van der Waals surface area contributed by atoms with Gasteiger partial charge < -0.3 is 9.47 Å². The molecule has 1 aromatic heterocycles. The average Bonchev–Trinajstić information content (AvgIpc) is 2.57. The molecule has 1 aromatic rings. The van der Waals surface area contributed by atoms with Gasteiger partial charge in [-0.15, -0.1) is 0 Å². The average molecular weight is 363 g/mol. The molecule has 26 heavy (non-hydrogen) atoms. The number of Topliss-reactive ketones (excluding diaryl/α,β-unsaturated/α-hetero) is 1. The van der Waals surface area contributed by atoms with E-state index in [0.717, 1.165) is 12.0 Å². The van der Waals surface area contributed by atoms with E-state index < -0.39 is 29.6 Å². The van der Waals surface area contributed by atoms with Gasteiger partial charge in [-0.2, -0.15) is 0 Å². The van der Waals surface area contributed by atoms with Crippen LogP contribution in [0.15, 0.2) is 18.3 Å². The molecule has 0 N–H and O–H groups in total. The molecular formula is C20H29NO5. The fourth-order valence-corrected chi connectivity index (χ4v) is 2.60. The lowest BCUT2D eigenvalue weighted by atomic mass is 9.85. The van der Waals surface area contributed by atoms with E-state index in [-0.39, 0.29) is 13.2 Å². The maximum Gasteiger partial charge on any atom is 0.328 e. The SMILES string of the molecule is CCOC(=O)C(C(=O)OCC)C(=O)C(CCC(C)C)c1ccc(C)cn1. The van der Waals surface area contributed by atoms with E-state index in [0.29, 0.717) is 18.0 Å². The number of ether oxygens (including phenoxy) is 2. The molecule has 0 aromatic carbocycles. The van der Waals surface area contributed by atoms with Crippen molar-refractivity contribution in [3.05, 3.63) is 29.6 Å². The summed E-state index contributed by atoms with van der Waals surface area (Å²) in [4.78, 5) is 42.0. The molecule has 0 radical (unpaired) electrons. The second-order valence-corrected chi connectivity index (χ2v) is 6.62. The lowest BCUT2D eigenvalue weighted by molar-refractivity contribution is -0.164. The van der Waals surface area contributed by atoms with Crippen LogP contribution in [-0.4, -0.2) is 35.9 Å². The number of aryl methyl sites for hydroxylation is 1. The van der Waals surface area contributed by atoms with Crippen molar-refractivity contribution in [1.82, 2.24) is 4.98 Å². The van der Waals surface area contributed by atoms with Crippen molar-refractivity contribution < 1.29 is 23.9 Å². The van der Waals surface area contributed by atoms with Gasteiger partial charge in [0.1, 0.15) is 0 Å². The van der Waals surface area contributed by atoms with Crippen molar-refractivity contribution in [2.45, 2.75) is 53.4 Å². The van der Waals surface area contributed by atoms with Crippen LogP contribution in [0.1, 0.15) is 57.7 Å². The van der Waals surface area contributed by atoms with Crippen molar-refractivity contribution in [2.75, 3.05) is 13.2 Å². The smallest absolute Gasteiger partial charge is 0.328 e. The molecule has 144 valence electrons. The Labute approximate surface area is 155 Å². The Morgan fingerprint density at radius 1 is 1.00 bits per heavy atom. The quantitative estimate of drug-likeness (QED) is 0.469. The highest BCUT2D eigenvalue weighted by Gasteiger charge is 2.41. The highest BCUT2D eigenvalue weighted by Crippen LogP contribution is 2.27. The first kappa shape index (κ1) is 21.8. The molecular weight excluding hydrogens is 334 g/mol. The Kier molecular flexibility index (Phi) is 8.96. The maximum atomic E-state index is 13.1. The van der Waals surface area contributed by atoms with Crippen LogP contribution in [0.25, 0.3) is 0 Å². The van der Waals surface area contributed by atoms with E-state index in [1.165, 1.54) is 0 Å². The van der Waals surface area contributed by atoms with E-state index in [9.17, 15) is 14.4 Å². The van der Waals surface area contributed by atoms with E-state index in [1.807, 2.05) is 13.0 Å². The molecule has 0 aliphatic rings. The van der Waals surface area contributed by atoms with Gasteiger partial charge in [0.2, 0.25) is 5.92 Å². The van der Waals surface area contributed by atoms with Crippen LogP contribution in [0.2, 0.25) is 0 Å². The zero-order chi connectivity index (χ0) is 19.7. The predicted molar refractivity (Wildman–Crippen MR) is 97.6 cm³/mol. The molecule has 1 heterocycles. The molecule has 0 fully saturated rings. The van der Waals surface area contributed by atoms with Crippen LogP contribution in [0.4, 0.5) is 0 Å². The number of hydrogen-bond donors (Lipinski definition) is 0. The van der Waals surface area contributed by atoms with E-state index in [1.54, 1.807) is 26.1 Å². The molecule has 1 unspecified atom stereocenters. The van der Waals surface area contributed by atoms with Crippen LogP contribution in [0.3, 0.4) is 0 Å². The summed E-state index contributed by atoms with van der Waals surface area (Å²) in [6.07, 6.45) is 2.95. The van der Waals surface area contributed by atoms with Crippen molar-refractivity contribution in [2.24, 2.45) is 11.8 Å². The summed E-state index contributed by atoms with van der Waals surface area (Å²) in [5.74, 6) is -4.10. The summed E-state index contributed by atoms with van der Waals surface area (Å²) in [6.45, 7) is 9.44. The topological polar surface area (TPSA) is 82.6 Å². The van der Waals surface area contributed by atoms with Crippen LogP contribution in [0.5, 0.6) is 0 Å². The van der Waals surface area contributed by atoms with Crippen LogP contribution in [0, 0.1) is 18.8 Å². The van der Waals surface area contributed by atoms with Gasteiger partial charge >= 0.3 is 11.9 Å². The van der Waals surface area contributed by atoms with Gasteiger partial charge in [0.15, 0.2) is 5.78 Å². The summed E-state index contributed by atoms with van der Waals surface area (Å²) in [7, 11) is 0. The number of ketones is 1. The summed E-state index contributed by atoms with van der Waals surface area (Å²) in [5, 5.41) is 0. The fourth-order valence-electron chi connectivity index (χ4n) is 2.60. The molecule has 6 nitrogen and oxygen atoms in total. The Morgan fingerprint density at radius 3 is 2.00 bits per heavy atom. The highest BCUT2D eigenvalue weighted by molar-refractivity contribution is 6.16. The summed E-state index contributed by atoms with van der Waals surface area (Å²) in [6, 6.07) is 3.63. The lowest BCUT2D eigenvalue weighted by Crippen LogP contribution is -2.38. The third-order valence-electron chi connectivity index (χ3n) is 4.00. The van der Waals surface area contributed by atoms with Crippen LogP contribution in [-0.2, 0) is 23.9 Å². The fraction of sp³-hybridized carbons (Fsp3) is 0.600. The summed E-state index contributed by atoms with van der Waals surface area (Å²) < 4.78 is 9.88. The minimum Gasteiger partial charge on any atom is -0.465 e. The third-order valence-corrected chi connectivity index (χ3v) is 4.00. The Morgan fingerprint density at radius 2 is 1.58 bits per heavy atom. The van der Waals surface area contributed by atoms with Gasteiger partial charge in [-0.25, -0.2) is 0 Å². The number of esters is 2. The molecule has 0 saturated carbocycles. The Hall–Kier alpha value is -2.24. The maximum absolute atomic E-state index is 13.1. The van der Waals surface area contributed by atoms with Gasteiger partial charge in [-0.3, -0.25) is 19.4 Å². The second-order valence-electron chi connectivity index (χ2n) is 6.62. The van der Waals surface area contributed by atoms with Gasteiger partial charge in [0, 0.05) is 6.20 Å². The van der Waals surface area contributed by atoms with Gasteiger partial charge in [-0.05, 0) is 51.2 Å². The van der Waals surface area contributed by atoms with Crippen molar-refractivity contribution >= 4 is 17.7 Å². The zero-order valence-corrected chi connectivity index (χ0v) is 16.3. The van der Waals surface area contributed by atoms with Crippen LogP contribution < -0.4 is 0 Å². The number of carbonyl (C=O) groups excluding carboxylic acids is 3. The summed E-state index contributed by atoms with van der Waals surface area (Å²) in [5.41, 5.74) is 1.52. The molecule has 6 heteroatoms. The predicted octanol–water partition coefficient (Wildman–Crippen LogP) is 3.22. The number of aromatic nitrogens is 1. The number of pyridine rings is 1. The molecule has 0 saturated heterocycles. The molecule has 0 aliphatic heterocycles. The number of hydrogen-bond acceptors (Lipinski definition) is 6. The number of rotatable bonds is 10. The lowest BCUT2D eigenvalue weighted by Gasteiger charge is -2.21. The first-order valence-corrected chi connectivity index (χ1v) is 9.11. The largest absolute Gasteiger partial charge is 0.465 e. The zero-order valence-electron chi connectivity index (χ0n) is 16.3. The van der Waals surface area contributed by atoms with Gasteiger partial charge in [0.25, 0.3) is 0 Å². The molecule has 1 rings (SSSR count). The second kappa shape index (κ2) is 10.7. The van der Waals surface area contributed by atoms with E-state index in [2.05, 4.69) is 18.8 Å². The van der Waals surface area contributed by atoms with Gasteiger partial charge in [-0.1, -0.05) is 19.9 Å². The third kappa shape index (κ3) is 6.24. The van der Waals surface area contributed by atoms with Crippen molar-refractivity contribution in [3.8, 4) is 0 Å². The number of nitrogens with zero attached hydrogens (tertiary/aromatic N) is 1. The van der Waals surface area contributed by atoms with Crippen LogP contribution >= 0.6 is 0 Å². The van der Waals surface area contributed by atoms with Crippen molar-refractivity contribution in [3.63, 3.8) is 0 Å². The summed E-state index contributed by atoms with van der Waals surface area (Å²) >= 11 is 0. The van der Waals surface area contributed by atoms with E-state index >= 15 is 0 Å². The first-order chi connectivity index (χ1) is 12.3. The van der Waals surface area contributed by atoms with Crippen molar-refractivity contribution in [1.29, 1.82) is 0 Å². The van der Waals surface area contributed by atoms with E-state index in [4.69, 9.17) is 9.47 Å². The number of carbonyl (C=O) groups is 3. The first-order valence-electron chi connectivity index (χ1n) is 9.11. The Balaban J connectivity index is 3.20. The standard InChI is InChI=1S/C20H29NO5/c1-6-25-19(23)17(20(24)26-7-2)18(22)15(10-8-13(3)4)16-11-9-14(5)12-21-16/h9,11-13,15,17H,6-8,10H2,1-5H3. The van der Waals surface area contributed by atoms with Gasteiger partial charge in [0.05, 0.1) is 24.8 Å². The molecule has 0 aliphatic carbocycles. The molecule has 0 spiro atoms. The molecule has 0 bridgehead atoms. The minimum absolute atomic E-state index is 0.0848. The Bertz CT molecular complexity index is 591. The molecule has 1 atom stereocenters. The minimum atomic E-state index is -1.57. The monoisotopic (exact) mass is 363 g/mol. The normalized spacial score (nSPS) is 12.1. The molecule has 0 amide bonds. The highest BCUT2D eigenvalue weighted by atomic mass is 16.6.